The molecular weight excluding hydrogens is 469 g/mol. The van der Waals surface area contributed by atoms with E-state index in [1.54, 1.807) is 37.3 Å². The number of aryl methyl sites for hydroxylation is 1. The summed E-state index contributed by atoms with van der Waals surface area (Å²) in [6.45, 7) is 3.59. The smallest absolute Gasteiger partial charge is 0.263 e. The monoisotopic (exact) mass is 487 g/mol. The number of anilines is 1. The molecule has 1 unspecified atom stereocenters. The number of hydrogen-bond donors (Lipinski definition) is 1. The zero-order valence-electron chi connectivity index (χ0n) is 17.5. The van der Waals surface area contributed by atoms with Crippen molar-refractivity contribution in [2.45, 2.75) is 19.9 Å². The second kappa shape index (κ2) is 8.94. The lowest BCUT2D eigenvalue weighted by Gasteiger charge is -2.16. The molecule has 6 nitrogen and oxygen atoms in total. The van der Waals surface area contributed by atoms with Crippen LogP contribution in [0.5, 0.6) is 5.75 Å². The van der Waals surface area contributed by atoms with E-state index >= 15 is 0 Å². The van der Waals surface area contributed by atoms with Gasteiger partial charge in [0.15, 0.2) is 0 Å². The SMILES string of the molecule is COc1ccc(Cl)cc1NC(=O)C(C)n1cnc2sc(C)c(-c3ccc(Cl)cc3)c2c1=O. The van der Waals surface area contributed by atoms with Crippen molar-refractivity contribution in [1.29, 1.82) is 0 Å². The van der Waals surface area contributed by atoms with E-state index in [2.05, 4.69) is 10.3 Å². The molecule has 0 aliphatic heterocycles. The van der Waals surface area contributed by atoms with Crippen LogP contribution in [0.25, 0.3) is 21.3 Å². The molecule has 9 heteroatoms. The maximum atomic E-state index is 13.5. The van der Waals surface area contributed by atoms with Crippen LogP contribution in [0.4, 0.5) is 5.69 Å². The third kappa shape index (κ3) is 4.11. The molecule has 0 saturated heterocycles. The summed E-state index contributed by atoms with van der Waals surface area (Å²) in [5, 5.41) is 4.34. The zero-order valence-corrected chi connectivity index (χ0v) is 19.8. The molecule has 4 aromatic rings. The Morgan fingerprint density at radius 1 is 1.16 bits per heavy atom. The highest BCUT2D eigenvalue weighted by atomic mass is 35.5. The second-order valence-corrected chi connectivity index (χ2v) is 9.26. The first kappa shape index (κ1) is 22.3. The van der Waals surface area contributed by atoms with E-state index in [-0.39, 0.29) is 5.56 Å². The van der Waals surface area contributed by atoms with E-state index in [0.717, 1.165) is 16.0 Å². The average Bonchev–Trinajstić information content (AvgIpc) is 3.11. The topological polar surface area (TPSA) is 73.2 Å². The molecule has 2 aromatic carbocycles. The molecule has 1 atom stereocenters. The summed E-state index contributed by atoms with van der Waals surface area (Å²) in [7, 11) is 1.50. The molecule has 2 heterocycles. The Labute approximate surface area is 198 Å². The summed E-state index contributed by atoms with van der Waals surface area (Å²) in [5.74, 6) is 0.0724. The number of nitrogens with zero attached hydrogens (tertiary/aromatic N) is 2. The number of rotatable bonds is 5. The first-order chi connectivity index (χ1) is 15.3. The van der Waals surface area contributed by atoms with Crippen LogP contribution in [0, 0.1) is 6.92 Å². The molecular formula is C23H19Cl2N3O3S. The number of fused-ring (bicyclic) bond motifs is 1. The fraction of sp³-hybridized carbons (Fsp3) is 0.174. The molecule has 4 rings (SSSR count). The number of halogens is 2. The van der Waals surface area contributed by atoms with E-state index in [4.69, 9.17) is 27.9 Å². The van der Waals surface area contributed by atoms with Crippen molar-refractivity contribution in [3.63, 3.8) is 0 Å². The fourth-order valence-electron chi connectivity index (χ4n) is 3.50. The predicted molar refractivity (Wildman–Crippen MR) is 130 cm³/mol. The lowest BCUT2D eigenvalue weighted by Crippen LogP contribution is -2.31. The van der Waals surface area contributed by atoms with Crippen molar-refractivity contribution in [1.82, 2.24) is 9.55 Å². The summed E-state index contributed by atoms with van der Waals surface area (Å²) in [6, 6.07) is 11.4. The summed E-state index contributed by atoms with van der Waals surface area (Å²) in [4.78, 5) is 32.5. The molecule has 32 heavy (non-hydrogen) atoms. The van der Waals surface area contributed by atoms with Gasteiger partial charge in [-0.3, -0.25) is 14.2 Å². The van der Waals surface area contributed by atoms with Gasteiger partial charge in [-0.1, -0.05) is 35.3 Å². The Morgan fingerprint density at radius 2 is 1.84 bits per heavy atom. The molecule has 0 aliphatic rings. The first-order valence-electron chi connectivity index (χ1n) is 9.70. The Hall–Kier alpha value is -2.87. The average molecular weight is 488 g/mol. The van der Waals surface area contributed by atoms with Gasteiger partial charge in [0, 0.05) is 20.5 Å². The summed E-state index contributed by atoms with van der Waals surface area (Å²) in [5.41, 5.74) is 1.81. The number of ether oxygens (including phenoxy) is 1. The Morgan fingerprint density at radius 3 is 2.53 bits per heavy atom. The molecule has 0 fully saturated rings. The molecule has 0 bridgehead atoms. The molecule has 164 valence electrons. The van der Waals surface area contributed by atoms with Gasteiger partial charge in [0.25, 0.3) is 5.56 Å². The lowest BCUT2D eigenvalue weighted by atomic mass is 10.0. The van der Waals surface area contributed by atoms with Crippen LogP contribution in [-0.2, 0) is 4.79 Å². The Kier molecular flexibility index (Phi) is 6.24. The summed E-state index contributed by atoms with van der Waals surface area (Å²) < 4.78 is 6.62. The van der Waals surface area contributed by atoms with Gasteiger partial charge < -0.3 is 10.1 Å². The van der Waals surface area contributed by atoms with Crippen LogP contribution in [0.15, 0.2) is 53.6 Å². The number of benzene rings is 2. The largest absolute Gasteiger partial charge is 0.495 e. The summed E-state index contributed by atoms with van der Waals surface area (Å²) >= 11 is 13.5. The van der Waals surface area contributed by atoms with E-state index < -0.39 is 11.9 Å². The van der Waals surface area contributed by atoms with Crippen LogP contribution in [0.3, 0.4) is 0 Å². The van der Waals surface area contributed by atoms with Crippen molar-refractivity contribution in [2.24, 2.45) is 0 Å². The number of carbonyl (C=O) groups excluding carboxylic acids is 1. The van der Waals surface area contributed by atoms with Crippen LogP contribution in [0.1, 0.15) is 17.8 Å². The number of methoxy groups -OCH3 is 1. The number of amides is 1. The Balaban J connectivity index is 1.75. The molecule has 0 saturated carbocycles. The number of aromatic nitrogens is 2. The number of carbonyl (C=O) groups is 1. The number of hydrogen-bond acceptors (Lipinski definition) is 5. The van der Waals surface area contributed by atoms with Crippen LogP contribution in [-0.4, -0.2) is 22.6 Å². The van der Waals surface area contributed by atoms with Gasteiger partial charge in [-0.25, -0.2) is 4.98 Å². The fourth-order valence-corrected chi connectivity index (χ4v) is 4.80. The maximum absolute atomic E-state index is 13.5. The van der Waals surface area contributed by atoms with Gasteiger partial charge in [0.1, 0.15) is 16.6 Å². The zero-order chi connectivity index (χ0) is 23.0. The minimum atomic E-state index is -0.818. The van der Waals surface area contributed by atoms with Crippen molar-refractivity contribution in [2.75, 3.05) is 12.4 Å². The van der Waals surface area contributed by atoms with Gasteiger partial charge >= 0.3 is 0 Å². The highest BCUT2D eigenvalue weighted by Gasteiger charge is 2.22. The lowest BCUT2D eigenvalue weighted by molar-refractivity contribution is -0.118. The second-order valence-electron chi connectivity index (χ2n) is 7.19. The van der Waals surface area contributed by atoms with Gasteiger partial charge in [-0.2, -0.15) is 0 Å². The van der Waals surface area contributed by atoms with Crippen LogP contribution in [0.2, 0.25) is 10.0 Å². The third-order valence-electron chi connectivity index (χ3n) is 5.16. The molecule has 1 amide bonds. The molecule has 0 aliphatic carbocycles. The molecule has 0 spiro atoms. The standard InChI is InChI=1S/C23H19Cl2N3O3S/c1-12(21(29)27-17-10-16(25)8-9-18(17)31-3)28-11-26-22-20(23(28)30)19(13(2)32-22)14-4-6-15(24)7-5-14/h4-12H,1-3H3,(H,27,29). The highest BCUT2D eigenvalue weighted by molar-refractivity contribution is 7.19. The number of thiophene rings is 1. The van der Waals surface area contributed by atoms with Crippen molar-refractivity contribution in [3.8, 4) is 16.9 Å². The van der Waals surface area contributed by atoms with Gasteiger partial charge in [0.2, 0.25) is 5.91 Å². The minimum Gasteiger partial charge on any atom is -0.495 e. The van der Waals surface area contributed by atoms with Gasteiger partial charge in [-0.15, -0.1) is 11.3 Å². The van der Waals surface area contributed by atoms with Gasteiger partial charge in [-0.05, 0) is 49.7 Å². The van der Waals surface area contributed by atoms with Crippen LogP contribution < -0.4 is 15.6 Å². The quantitative estimate of drug-likeness (QED) is 0.377. The van der Waals surface area contributed by atoms with E-state index in [1.165, 1.54) is 29.3 Å². The molecule has 1 N–H and O–H groups in total. The summed E-state index contributed by atoms with van der Waals surface area (Å²) in [6.07, 6.45) is 1.41. The van der Waals surface area contributed by atoms with Crippen LogP contribution >= 0.6 is 34.5 Å². The maximum Gasteiger partial charge on any atom is 0.263 e. The predicted octanol–water partition coefficient (Wildman–Crippen LogP) is 5.95. The van der Waals surface area contributed by atoms with Crippen molar-refractivity contribution in [3.05, 3.63) is 74.1 Å². The minimum absolute atomic E-state index is 0.287. The first-order valence-corrected chi connectivity index (χ1v) is 11.3. The van der Waals surface area contributed by atoms with Crippen molar-refractivity contribution < 1.29 is 9.53 Å². The van der Waals surface area contributed by atoms with E-state index in [9.17, 15) is 9.59 Å². The van der Waals surface area contributed by atoms with E-state index in [0.29, 0.717) is 31.7 Å². The Bertz CT molecular complexity index is 1380. The van der Waals surface area contributed by atoms with Crippen molar-refractivity contribution >= 4 is 56.3 Å². The van der Waals surface area contributed by atoms with Gasteiger partial charge in [0.05, 0.1) is 24.5 Å². The normalized spacial score (nSPS) is 12.0. The van der Waals surface area contributed by atoms with E-state index in [1.807, 2.05) is 19.1 Å². The third-order valence-corrected chi connectivity index (χ3v) is 6.66. The molecule has 2 aromatic heterocycles. The molecule has 0 radical (unpaired) electrons. The number of nitrogens with one attached hydrogen (secondary N) is 1. The highest BCUT2D eigenvalue weighted by Crippen LogP contribution is 2.36.